The first-order valence-electron chi connectivity index (χ1n) is 11.5. The van der Waals surface area contributed by atoms with Crippen LogP contribution in [0.5, 0.6) is 0 Å². The van der Waals surface area contributed by atoms with Crippen LogP contribution >= 0.6 is 22.7 Å². The molecule has 0 saturated heterocycles. The number of fused-ring (bicyclic) bond motifs is 1. The third kappa shape index (κ3) is 6.14. The fourth-order valence-corrected chi connectivity index (χ4v) is 7.17. The Hall–Kier alpha value is -2.21. The van der Waals surface area contributed by atoms with Crippen molar-refractivity contribution in [2.75, 3.05) is 32.1 Å². The Morgan fingerprint density at radius 3 is 2.69 bits per heavy atom. The minimum atomic E-state index is -1.15. The second-order valence-corrected chi connectivity index (χ2v) is 12.3. The number of nitrogens with zero attached hydrogens (tertiary/aromatic N) is 3. The monoisotopic (exact) mass is 529 g/mol. The summed E-state index contributed by atoms with van der Waals surface area (Å²) in [4.78, 5) is 12.0. The molecule has 4 N–H and O–H groups in total. The second kappa shape index (κ2) is 11.7. The van der Waals surface area contributed by atoms with Gasteiger partial charge in [0.1, 0.15) is 26.0 Å². The number of likely N-dealkylation sites (N-methyl/N-ethyl adjacent to an activating group) is 1. The molecule has 1 aromatic carbocycles. The van der Waals surface area contributed by atoms with E-state index in [1.807, 2.05) is 42.6 Å². The number of nitrogens with one attached hydrogen (secondary N) is 1. The summed E-state index contributed by atoms with van der Waals surface area (Å²) in [5, 5.41) is 16.8. The summed E-state index contributed by atoms with van der Waals surface area (Å²) in [7, 11) is 2.71. The molecule has 4 aromatic rings. The number of aromatic nitrogens is 2. The van der Waals surface area contributed by atoms with E-state index in [4.69, 9.17) is 10.7 Å². The van der Waals surface area contributed by atoms with Gasteiger partial charge in [0.2, 0.25) is 0 Å². The molecule has 0 radical (unpaired) electrons. The van der Waals surface area contributed by atoms with Gasteiger partial charge in [-0.3, -0.25) is 9.53 Å². The van der Waals surface area contributed by atoms with Crippen LogP contribution in [0.1, 0.15) is 25.3 Å². The molecule has 0 fully saturated rings. The van der Waals surface area contributed by atoms with Crippen molar-refractivity contribution in [1.82, 2.24) is 20.2 Å². The Balaban J connectivity index is 1.71. The SMILES string of the molecule is CCCCS(=O)c1sc2nc(-c3nccs3)cc(-c3ccc(CNC(O)CN(C)C)cc3)c2c1N. The topological polar surface area (TPSA) is 104 Å². The standard InChI is InChI=1S/C25H31N5O2S3/c1-4-5-12-35(32)25-22(26)21-18(13-19(29-24(21)34-25)23-27-10-11-33-23)17-8-6-16(7-9-17)14-28-20(31)15-30(2)3/h6-11,13,20,28,31H,4-5,12,14-15,26H2,1-3H3. The third-order valence-corrected chi connectivity index (χ3v) is 9.34. The predicted octanol–water partition coefficient (Wildman–Crippen LogP) is 4.55. The molecule has 186 valence electrons. The lowest BCUT2D eigenvalue weighted by atomic mass is 10.0. The average molecular weight is 530 g/mol. The Labute approximate surface area is 216 Å². The third-order valence-electron chi connectivity index (χ3n) is 5.55. The number of aliphatic hydroxyl groups excluding tert-OH is 1. The number of pyridine rings is 1. The van der Waals surface area contributed by atoms with Gasteiger partial charge in [0.15, 0.2) is 0 Å². The smallest absolute Gasteiger partial charge is 0.141 e. The molecule has 0 amide bonds. The van der Waals surface area contributed by atoms with Gasteiger partial charge in [-0.25, -0.2) is 9.97 Å². The van der Waals surface area contributed by atoms with Crippen LogP contribution in [0, 0.1) is 0 Å². The molecule has 2 atom stereocenters. The number of thiophene rings is 1. The van der Waals surface area contributed by atoms with Gasteiger partial charge in [-0.15, -0.1) is 22.7 Å². The van der Waals surface area contributed by atoms with E-state index in [-0.39, 0.29) is 0 Å². The molecule has 0 aliphatic heterocycles. The molecule has 3 heterocycles. The maximum Gasteiger partial charge on any atom is 0.141 e. The first-order chi connectivity index (χ1) is 16.9. The van der Waals surface area contributed by atoms with Crippen LogP contribution in [-0.4, -0.2) is 56.8 Å². The Morgan fingerprint density at radius 2 is 2.03 bits per heavy atom. The summed E-state index contributed by atoms with van der Waals surface area (Å²) >= 11 is 2.96. The highest BCUT2D eigenvalue weighted by Gasteiger charge is 2.21. The lowest BCUT2D eigenvalue weighted by Crippen LogP contribution is -2.37. The van der Waals surface area contributed by atoms with Gasteiger partial charge in [-0.2, -0.15) is 0 Å². The summed E-state index contributed by atoms with van der Waals surface area (Å²) in [6.45, 7) is 3.20. The maximum absolute atomic E-state index is 13.0. The molecule has 35 heavy (non-hydrogen) atoms. The zero-order valence-electron chi connectivity index (χ0n) is 20.2. The molecule has 10 heteroatoms. The van der Waals surface area contributed by atoms with Crippen LogP contribution in [0.25, 0.3) is 32.0 Å². The summed E-state index contributed by atoms with van der Waals surface area (Å²) < 4.78 is 13.7. The Kier molecular flexibility index (Phi) is 8.64. The van der Waals surface area contributed by atoms with Crippen molar-refractivity contribution in [2.24, 2.45) is 0 Å². The number of aliphatic hydroxyl groups is 1. The Morgan fingerprint density at radius 1 is 1.26 bits per heavy atom. The zero-order valence-corrected chi connectivity index (χ0v) is 22.6. The predicted molar refractivity (Wildman–Crippen MR) is 148 cm³/mol. The zero-order chi connectivity index (χ0) is 24.9. The van der Waals surface area contributed by atoms with Crippen molar-refractivity contribution >= 4 is 49.4 Å². The molecule has 0 spiro atoms. The lowest BCUT2D eigenvalue weighted by Gasteiger charge is -2.17. The number of anilines is 1. The quantitative estimate of drug-likeness (QED) is 0.245. The van der Waals surface area contributed by atoms with Crippen LogP contribution < -0.4 is 11.1 Å². The molecular formula is C25H31N5O2S3. The van der Waals surface area contributed by atoms with Crippen LogP contribution in [0.3, 0.4) is 0 Å². The summed E-state index contributed by atoms with van der Waals surface area (Å²) in [6.07, 6.45) is 3.06. The number of hydrogen-bond donors (Lipinski definition) is 3. The van der Waals surface area contributed by atoms with Crippen molar-refractivity contribution in [3.63, 3.8) is 0 Å². The van der Waals surface area contributed by atoms with Crippen molar-refractivity contribution in [3.8, 4) is 21.8 Å². The highest BCUT2D eigenvalue weighted by molar-refractivity contribution is 7.87. The molecule has 0 bridgehead atoms. The van der Waals surface area contributed by atoms with E-state index < -0.39 is 17.0 Å². The van der Waals surface area contributed by atoms with Gasteiger partial charge in [-0.1, -0.05) is 37.6 Å². The first kappa shape index (κ1) is 25.9. The number of thiazole rings is 1. The van der Waals surface area contributed by atoms with Gasteiger partial charge in [0.05, 0.1) is 16.5 Å². The molecule has 0 aliphatic carbocycles. The van der Waals surface area contributed by atoms with Crippen molar-refractivity contribution in [3.05, 3.63) is 47.5 Å². The molecule has 3 aromatic heterocycles. The molecule has 7 nitrogen and oxygen atoms in total. The summed E-state index contributed by atoms with van der Waals surface area (Å²) in [5.74, 6) is 0.601. The molecule has 4 rings (SSSR count). The van der Waals surface area contributed by atoms with E-state index >= 15 is 0 Å². The largest absolute Gasteiger partial charge is 0.396 e. The van der Waals surface area contributed by atoms with Crippen LogP contribution in [0.2, 0.25) is 0 Å². The van der Waals surface area contributed by atoms with E-state index in [0.717, 1.165) is 50.5 Å². The minimum Gasteiger partial charge on any atom is -0.396 e. The van der Waals surface area contributed by atoms with E-state index in [1.165, 1.54) is 22.7 Å². The number of hydrogen-bond acceptors (Lipinski definition) is 9. The van der Waals surface area contributed by atoms with Crippen molar-refractivity contribution in [2.45, 2.75) is 36.7 Å². The lowest BCUT2D eigenvalue weighted by molar-refractivity contribution is 0.103. The van der Waals surface area contributed by atoms with E-state index in [0.29, 0.717) is 28.7 Å². The average Bonchev–Trinajstić information content (AvgIpc) is 3.49. The van der Waals surface area contributed by atoms with Gasteiger partial charge in [-0.05, 0) is 43.3 Å². The van der Waals surface area contributed by atoms with Gasteiger partial charge in [0.25, 0.3) is 0 Å². The summed E-state index contributed by atoms with van der Waals surface area (Å²) in [5.41, 5.74) is 11.0. The van der Waals surface area contributed by atoms with Crippen molar-refractivity contribution in [1.29, 1.82) is 0 Å². The van der Waals surface area contributed by atoms with Crippen LogP contribution in [0.4, 0.5) is 5.69 Å². The molecular weight excluding hydrogens is 499 g/mol. The highest BCUT2D eigenvalue weighted by atomic mass is 32.2. The fraction of sp³-hybridized carbons (Fsp3) is 0.360. The number of nitrogen functional groups attached to an aromatic ring is 1. The maximum atomic E-state index is 13.0. The number of rotatable bonds is 11. The van der Waals surface area contributed by atoms with Crippen LogP contribution in [0.15, 0.2) is 46.1 Å². The molecule has 0 aliphatic rings. The molecule has 2 unspecified atom stereocenters. The van der Waals surface area contributed by atoms with E-state index in [9.17, 15) is 9.32 Å². The van der Waals surface area contributed by atoms with Gasteiger partial charge >= 0.3 is 0 Å². The first-order valence-corrected chi connectivity index (χ1v) is 14.6. The fourth-order valence-electron chi connectivity index (χ4n) is 3.77. The molecule has 0 saturated carbocycles. The minimum absolute atomic E-state index is 0.548. The second-order valence-electron chi connectivity index (χ2n) is 8.63. The van der Waals surface area contributed by atoms with Gasteiger partial charge < -0.3 is 15.7 Å². The highest BCUT2D eigenvalue weighted by Crippen LogP contribution is 2.43. The van der Waals surface area contributed by atoms with Crippen LogP contribution in [-0.2, 0) is 17.3 Å². The van der Waals surface area contributed by atoms with Crippen molar-refractivity contribution < 1.29 is 9.32 Å². The van der Waals surface area contributed by atoms with E-state index in [2.05, 4.69) is 29.4 Å². The number of unbranched alkanes of at least 4 members (excludes halogenated alkanes) is 1. The number of nitrogens with two attached hydrogens (primary N) is 1. The Bertz CT molecular complexity index is 1290. The normalized spacial score (nSPS) is 13.5. The summed E-state index contributed by atoms with van der Waals surface area (Å²) in [6, 6.07) is 10.2. The van der Waals surface area contributed by atoms with E-state index in [1.54, 1.807) is 6.20 Å². The number of benzene rings is 1. The van der Waals surface area contributed by atoms with Gasteiger partial charge in [0, 0.05) is 35.8 Å².